The van der Waals surface area contributed by atoms with Crippen molar-refractivity contribution in [3.8, 4) is 0 Å². The fourth-order valence-corrected chi connectivity index (χ4v) is 1.23. The van der Waals surface area contributed by atoms with Crippen molar-refractivity contribution in [3.05, 3.63) is 0 Å². The number of ether oxygens (including phenoxy) is 1. The molecular weight excluding hydrogens is 162 g/mol. The van der Waals surface area contributed by atoms with Crippen molar-refractivity contribution >= 4 is 12.1 Å². The predicted molar refractivity (Wildman–Crippen MR) is 39.5 cm³/mol. The van der Waals surface area contributed by atoms with Crippen LogP contribution in [0.1, 0.15) is 20.8 Å². The minimum Gasteiger partial charge on any atom is -0.480 e. The van der Waals surface area contributed by atoms with Gasteiger partial charge in [0, 0.05) is 0 Å². The molecule has 1 atom stereocenters. The molecule has 0 bridgehead atoms. The summed E-state index contributed by atoms with van der Waals surface area (Å²) in [6.45, 7) is 4.74. The van der Waals surface area contributed by atoms with E-state index in [0.29, 0.717) is 0 Å². The van der Waals surface area contributed by atoms with Crippen molar-refractivity contribution < 1.29 is 19.4 Å². The smallest absolute Gasteiger partial charge is 0.415 e. The zero-order valence-corrected chi connectivity index (χ0v) is 7.20. The molecule has 5 nitrogen and oxygen atoms in total. The molecule has 0 aliphatic carbocycles. The summed E-state index contributed by atoms with van der Waals surface area (Å²) >= 11 is 0. The van der Waals surface area contributed by atoms with Crippen molar-refractivity contribution in [3.63, 3.8) is 0 Å². The molecule has 68 valence electrons. The molecule has 0 aromatic heterocycles. The number of carbonyl (C=O) groups is 2. The molecule has 0 saturated carbocycles. The van der Waals surface area contributed by atoms with Gasteiger partial charge in [0.05, 0.1) is 0 Å². The molecule has 0 spiro atoms. The van der Waals surface area contributed by atoms with Crippen molar-refractivity contribution in [1.29, 1.82) is 0 Å². The van der Waals surface area contributed by atoms with Crippen LogP contribution in [0.25, 0.3) is 0 Å². The lowest BCUT2D eigenvalue weighted by molar-refractivity contribution is -0.189. The van der Waals surface area contributed by atoms with Crippen molar-refractivity contribution in [2.24, 2.45) is 0 Å². The SMILES string of the molecule is C[C@@H](C(=O)O)N1C(=O)OC1(C)C. The summed E-state index contributed by atoms with van der Waals surface area (Å²) in [6.07, 6.45) is -0.574. The van der Waals surface area contributed by atoms with Crippen molar-refractivity contribution in [2.45, 2.75) is 32.5 Å². The van der Waals surface area contributed by atoms with Crippen LogP contribution in [0.5, 0.6) is 0 Å². The molecule has 1 N–H and O–H groups in total. The van der Waals surface area contributed by atoms with Crippen LogP contribution in [0.3, 0.4) is 0 Å². The van der Waals surface area contributed by atoms with Gasteiger partial charge in [0.2, 0.25) is 0 Å². The van der Waals surface area contributed by atoms with Crippen LogP contribution in [0.4, 0.5) is 4.79 Å². The number of amides is 1. The lowest BCUT2D eigenvalue weighted by Crippen LogP contribution is -2.66. The van der Waals surface area contributed by atoms with Gasteiger partial charge >= 0.3 is 12.1 Å². The molecule has 1 amide bonds. The Hall–Kier alpha value is -1.26. The van der Waals surface area contributed by atoms with Gasteiger partial charge < -0.3 is 9.84 Å². The summed E-state index contributed by atoms with van der Waals surface area (Å²) < 4.78 is 4.73. The third-order valence-corrected chi connectivity index (χ3v) is 1.86. The lowest BCUT2D eigenvalue weighted by atomic mass is 10.1. The van der Waals surface area contributed by atoms with Crippen molar-refractivity contribution in [1.82, 2.24) is 4.90 Å². The zero-order valence-electron chi connectivity index (χ0n) is 7.20. The van der Waals surface area contributed by atoms with Crippen LogP contribution in [0.2, 0.25) is 0 Å². The fourth-order valence-electron chi connectivity index (χ4n) is 1.23. The van der Waals surface area contributed by atoms with Crippen LogP contribution in [-0.4, -0.2) is 33.8 Å². The molecule has 5 heteroatoms. The van der Waals surface area contributed by atoms with Crippen LogP contribution >= 0.6 is 0 Å². The van der Waals surface area contributed by atoms with E-state index in [9.17, 15) is 9.59 Å². The number of cyclic esters (lactones) is 1. The van der Waals surface area contributed by atoms with Gasteiger partial charge in [0.25, 0.3) is 0 Å². The lowest BCUT2D eigenvalue weighted by Gasteiger charge is -2.48. The highest BCUT2D eigenvalue weighted by molar-refractivity contribution is 5.83. The summed E-state index contributed by atoms with van der Waals surface area (Å²) in [4.78, 5) is 22.5. The summed E-state index contributed by atoms with van der Waals surface area (Å²) in [7, 11) is 0. The van der Waals surface area contributed by atoms with Crippen LogP contribution in [-0.2, 0) is 9.53 Å². The first-order valence-corrected chi connectivity index (χ1v) is 3.61. The molecule has 0 radical (unpaired) electrons. The van der Waals surface area contributed by atoms with E-state index >= 15 is 0 Å². The molecule has 1 fully saturated rings. The molecule has 1 heterocycles. The Morgan fingerprint density at radius 1 is 1.67 bits per heavy atom. The Kier molecular flexibility index (Phi) is 1.74. The first-order valence-electron chi connectivity index (χ1n) is 3.61. The highest BCUT2D eigenvalue weighted by Gasteiger charge is 2.50. The van der Waals surface area contributed by atoms with Gasteiger partial charge in [-0.05, 0) is 20.8 Å². The Morgan fingerprint density at radius 3 is 2.33 bits per heavy atom. The third kappa shape index (κ3) is 1.11. The number of carbonyl (C=O) groups excluding carboxylic acids is 1. The Morgan fingerprint density at radius 2 is 2.17 bits per heavy atom. The standard InChI is InChI=1S/C7H11NO4/c1-4(5(9)10)8-6(11)12-7(8,2)3/h4H,1-3H3,(H,9,10)/t4-/m0/s1. The monoisotopic (exact) mass is 173 g/mol. The quantitative estimate of drug-likeness (QED) is 0.665. The number of carboxylic acid groups (broad SMARTS) is 1. The number of rotatable bonds is 2. The Balaban J connectivity index is 2.74. The van der Waals surface area contributed by atoms with E-state index in [-0.39, 0.29) is 0 Å². The number of hydrogen-bond acceptors (Lipinski definition) is 3. The van der Waals surface area contributed by atoms with Gasteiger partial charge in [-0.25, -0.2) is 9.59 Å². The van der Waals surface area contributed by atoms with Crippen LogP contribution in [0, 0.1) is 0 Å². The minimum atomic E-state index is -1.03. The average molecular weight is 173 g/mol. The number of hydrogen-bond donors (Lipinski definition) is 1. The van der Waals surface area contributed by atoms with E-state index in [1.54, 1.807) is 13.8 Å². The normalized spacial score (nSPS) is 22.6. The average Bonchev–Trinajstić information content (AvgIpc) is 1.84. The summed E-state index contributed by atoms with van der Waals surface area (Å²) in [5, 5.41) is 8.62. The van der Waals surface area contributed by atoms with E-state index in [1.807, 2.05) is 0 Å². The number of aliphatic carboxylic acids is 1. The third-order valence-electron chi connectivity index (χ3n) is 1.86. The Labute approximate surface area is 69.9 Å². The van der Waals surface area contributed by atoms with Crippen LogP contribution < -0.4 is 0 Å². The predicted octanol–water partition coefficient (Wildman–Crippen LogP) is 0.648. The molecule has 1 saturated heterocycles. The Bertz CT molecular complexity index is 236. The summed E-state index contributed by atoms with van der Waals surface area (Å²) in [5.41, 5.74) is -0.783. The molecule has 12 heavy (non-hydrogen) atoms. The first-order chi connectivity index (χ1) is 5.36. The maximum atomic E-state index is 10.8. The fraction of sp³-hybridized carbons (Fsp3) is 0.714. The van der Waals surface area contributed by atoms with E-state index < -0.39 is 23.8 Å². The second kappa shape index (κ2) is 2.36. The maximum absolute atomic E-state index is 10.8. The molecule has 0 aromatic carbocycles. The highest BCUT2D eigenvalue weighted by Crippen LogP contribution is 2.30. The topological polar surface area (TPSA) is 66.8 Å². The second-order valence-corrected chi connectivity index (χ2v) is 3.20. The van der Waals surface area contributed by atoms with E-state index in [1.165, 1.54) is 11.8 Å². The molecule has 1 rings (SSSR count). The first kappa shape index (κ1) is 8.83. The van der Waals surface area contributed by atoms with Crippen molar-refractivity contribution in [2.75, 3.05) is 0 Å². The van der Waals surface area contributed by atoms with Gasteiger partial charge in [-0.1, -0.05) is 0 Å². The van der Waals surface area contributed by atoms with Gasteiger partial charge in [-0.3, -0.25) is 4.90 Å². The van der Waals surface area contributed by atoms with Gasteiger partial charge in [-0.2, -0.15) is 0 Å². The number of nitrogens with zero attached hydrogens (tertiary/aromatic N) is 1. The molecule has 1 aliphatic rings. The molecule has 1 aliphatic heterocycles. The van der Waals surface area contributed by atoms with Gasteiger partial charge in [-0.15, -0.1) is 0 Å². The van der Waals surface area contributed by atoms with E-state index in [0.717, 1.165) is 0 Å². The molecule has 0 aromatic rings. The molecular formula is C7H11NO4. The summed E-state index contributed by atoms with van der Waals surface area (Å²) in [5.74, 6) is -1.03. The highest BCUT2D eigenvalue weighted by atomic mass is 16.6. The molecule has 0 unspecified atom stereocenters. The van der Waals surface area contributed by atoms with E-state index in [4.69, 9.17) is 9.84 Å². The maximum Gasteiger partial charge on any atom is 0.415 e. The van der Waals surface area contributed by atoms with Crippen LogP contribution in [0.15, 0.2) is 0 Å². The second-order valence-electron chi connectivity index (χ2n) is 3.20. The summed E-state index contributed by atoms with van der Waals surface area (Å²) in [6, 6.07) is -0.832. The minimum absolute atomic E-state index is 0.574. The van der Waals surface area contributed by atoms with E-state index in [2.05, 4.69) is 0 Å². The van der Waals surface area contributed by atoms with Gasteiger partial charge in [0.15, 0.2) is 5.72 Å². The zero-order chi connectivity index (χ0) is 9.52. The largest absolute Gasteiger partial charge is 0.480 e. The number of carboxylic acids is 1. The van der Waals surface area contributed by atoms with Gasteiger partial charge in [0.1, 0.15) is 6.04 Å².